The minimum Gasteiger partial charge on any atom is -0.354 e. The predicted octanol–water partition coefficient (Wildman–Crippen LogP) is 41.5. The van der Waals surface area contributed by atoms with Crippen LogP contribution >= 0.6 is 0 Å². The van der Waals surface area contributed by atoms with Crippen LogP contribution in [-0.2, 0) is 47.3 Å². The molecule has 0 atom stereocenters. The summed E-state index contributed by atoms with van der Waals surface area (Å²) < 4.78 is 0. The molecule has 16 bridgehead atoms. The average molecular weight is 1980 g/mol. The number of benzene rings is 4. The standard InChI is InChI=1S/C140H186N8/c1-29-37-45-53-65-109-91(9)129-125(130-92(10)110(66-54-46-38-30-2)118(142-130)88-122-114(70-58-50-42-34-6)96(14)134(146-122)127(103-81-105(137(17,18)19)85-106(82-103)138(20,21)22)133-95(13)113(69-57-49-41-33-5)121(145-133)87-117(109)141-129)101-77-73-99(74-78-101)63-61-62-64-100-75-79-102(80-76-100)126-131-93(11)111(67-55-47-39-31-3)119(143-131)89-123-115(71-59-51-43-35-7)97(15)135(147-123)128(104-83-107(139(23,24)25)86-108(84-104)140(26,27)28)136-98(16)116(72-60-52-44-36-8)124(148-136)90-120-112(68-56-48-40-32-4)94(12)132(126)144-120/h73-90,141,143,146,148H,29-60,65-72H2,1-28H3. The van der Waals surface area contributed by atoms with Gasteiger partial charge in [0.05, 0.1) is 67.6 Å². The number of hydrogen-bond donors (Lipinski definition) is 4. The summed E-state index contributed by atoms with van der Waals surface area (Å²) in [6, 6.07) is 43.1. The smallest absolute Gasteiger partial charge is 0.0769 e. The van der Waals surface area contributed by atoms with Crippen LogP contribution in [0.15, 0.2) is 109 Å². The molecule has 148 heavy (non-hydrogen) atoms. The molecule has 0 radical (unpaired) electrons. The number of allylic oxidation sites excluding steroid dienone is 8. The summed E-state index contributed by atoms with van der Waals surface area (Å²) in [5.41, 5.74) is 55.2. The van der Waals surface area contributed by atoms with Gasteiger partial charge in [-0.1, -0.05) is 365 Å². The minimum atomic E-state index is -0.0932. The largest absolute Gasteiger partial charge is 0.354 e. The van der Waals surface area contributed by atoms with Crippen LogP contribution in [0, 0.1) is 51.4 Å². The molecule has 0 saturated heterocycles. The molecule has 4 N–H and O–H groups in total. The normalized spacial score (nSPS) is 13.2. The van der Waals surface area contributed by atoms with Crippen molar-refractivity contribution in [2.24, 2.45) is 0 Å². The van der Waals surface area contributed by atoms with E-state index < -0.39 is 0 Å². The third-order valence-corrected chi connectivity index (χ3v) is 33.1. The fourth-order valence-electron chi connectivity index (χ4n) is 23.4. The van der Waals surface area contributed by atoms with Crippen molar-refractivity contribution < 1.29 is 0 Å². The van der Waals surface area contributed by atoms with Crippen LogP contribution in [-0.4, -0.2) is 39.9 Å². The molecule has 786 valence electrons. The summed E-state index contributed by atoms with van der Waals surface area (Å²) in [5, 5.41) is 0. The molecule has 4 aliphatic rings. The molecule has 0 aliphatic carbocycles. The Morgan fingerprint density at radius 3 is 0.615 bits per heavy atom. The Labute approximate surface area is 895 Å². The molecule has 0 unspecified atom stereocenters. The highest BCUT2D eigenvalue weighted by Gasteiger charge is 2.34. The lowest BCUT2D eigenvalue weighted by molar-refractivity contribution is 0.568. The average Bonchev–Trinajstić information content (AvgIpc) is 1.60. The second-order valence-electron chi connectivity index (χ2n) is 48.7. The molecule has 6 aromatic heterocycles. The van der Waals surface area contributed by atoms with Gasteiger partial charge in [-0.05, 0) is 374 Å². The Morgan fingerprint density at radius 1 is 0.223 bits per heavy atom. The van der Waals surface area contributed by atoms with E-state index in [2.05, 4.69) is 347 Å². The first-order chi connectivity index (χ1) is 71.0. The number of fused-ring (bicyclic) bond motifs is 16. The van der Waals surface area contributed by atoms with E-state index in [1.807, 2.05) is 0 Å². The van der Waals surface area contributed by atoms with Crippen LogP contribution < -0.4 is 0 Å². The van der Waals surface area contributed by atoms with Crippen LogP contribution in [0.3, 0.4) is 0 Å². The Balaban J connectivity index is 0.961. The molecule has 0 fully saturated rings. The molecule has 10 aromatic rings. The molecule has 4 aliphatic heterocycles. The summed E-state index contributed by atoms with van der Waals surface area (Å²) in [6.45, 7) is 66.4. The number of H-pyrrole nitrogens is 4. The van der Waals surface area contributed by atoms with Crippen molar-refractivity contribution in [1.82, 2.24) is 39.9 Å². The van der Waals surface area contributed by atoms with Gasteiger partial charge in [-0.15, -0.1) is 0 Å². The quantitative estimate of drug-likeness (QED) is 0.0225. The lowest BCUT2D eigenvalue weighted by Crippen LogP contribution is -2.16. The van der Waals surface area contributed by atoms with Crippen LogP contribution in [0.1, 0.15) is 521 Å². The molecule has 14 rings (SSSR count). The first kappa shape index (κ1) is 113. The molecular weight excluding hydrogens is 1790 g/mol. The monoisotopic (exact) mass is 1980 g/mol. The van der Waals surface area contributed by atoms with Crippen molar-refractivity contribution in [2.45, 2.75) is 472 Å². The zero-order chi connectivity index (χ0) is 106. The molecule has 8 heteroatoms. The molecule has 8 nitrogen and oxygen atoms in total. The van der Waals surface area contributed by atoms with Gasteiger partial charge < -0.3 is 19.9 Å². The van der Waals surface area contributed by atoms with Crippen molar-refractivity contribution in [3.8, 4) is 68.2 Å². The van der Waals surface area contributed by atoms with E-state index in [9.17, 15) is 0 Å². The van der Waals surface area contributed by atoms with Crippen molar-refractivity contribution in [3.63, 3.8) is 0 Å². The van der Waals surface area contributed by atoms with Gasteiger partial charge in [0.2, 0.25) is 0 Å². The van der Waals surface area contributed by atoms with Gasteiger partial charge >= 0.3 is 0 Å². The van der Waals surface area contributed by atoms with Gasteiger partial charge in [-0.3, -0.25) is 0 Å². The van der Waals surface area contributed by atoms with Crippen molar-refractivity contribution in [1.29, 1.82) is 0 Å². The van der Waals surface area contributed by atoms with Gasteiger partial charge in [0.15, 0.2) is 0 Å². The number of hydrogen-bond acceptors (Lipinski definition) is 4. The molecule has 0 amide bonds. The molecule has 10 heterocycles. The van der Waals surface area contributed by atoms with Crippen LogP contribution in [0.25, 0.3) is 133 Å². The van der Waals surface area contributed by atoms with Gasteiger partial charge in [0.1, 0.15) is 0 Å². The van der Waals surface area contributed by atoms with Gasteiger partial charge in [-0.2, -0.15) is 0 Å². The van der Waals surface area contributed by atoms with Crippen molar-refractivity contribution >= 4 is 88.7 Å². The summed E-state index contributed by atoms with van der Waals surface area (Å²) in [6.07, 6.45) is 45.2. The molecule has 4 aromatic carbocycles. The maximum Gasteiger partial charge on any atom is 0.0769 e. The number of aromatic nitrogens is 8. The maximum absolute atomic E-state index is 6.14. The van der Waals surface area contributed by atoms with Crippen molar-refractivity contribution in [2.75, 3.05) is 0 Å². The van der Waals surface area contributed by atoms with Gasteiger partial charge in [0, 0.05) is 55.4 Å². The van der Waals surface area contributed by atoms with E-state index >= 15 is 0 Å². The van der Waals surface area contributed by atoms with E-state index in [1.54, 1.807) is 0 Å². The zero-order valence-electron chi connectivity index (χ0n) is 97.5. The zero-order valence-corrected chi connectivity index (χ0v) is 97.5. The summed E-state index contributed by atoms with van der Waals surface area (Å²) in [5.74, 6) is 13.9. The van der Waals surface area contributed by atoms with E-state index in [0.29, 0.717) is 0 Å². The summed E-state index contributed by atoms with van der Waals surface area (Å²) in [4.78, 5) is 41.8. The number of rotatable bonds is 44. The van der Waals surface area contributed by atoms with E-state index in [-0.39, 0.29) is 21.7 Å². The fraction of sp³-hybridized carbons (Fsp3) is 0.514. The first-order valence-electron chi connectivity index (χ1n) is 58.9. The van der Waals surface area contributed by atoms with Crippen molar-refractivity contribution in [3.05, 3.63) is 233 Å². The number of nitrogens with one attached hydrogen (secondary N) is 4. The minimum absolute atomic E-state index is 0.0932. The Hall–Kier alpha value is -10.8. The van der Waals surface area contributed by atoms with E-state index in [0.717, 1.165) is 204 Å². The highest BCUT2D eigenvalue weighted by Crippen LogP contribution is 2.51. The molecular formula is C140H186N8. The highest BCUT2D eigenvalue weighted by atomic mass is 14.8. The number of aromatic amines is 4. The Kier molecular flexibility index (Phi) is 38.8. The van der Waals surface area contributed by atoms with Crippen LogP contribution in [0.2, 0.25) is 0 Å². The van der Waals surface area contributed by atoms with Crippen LogP contribution in [0.4, 0.5) is 0 Å². The fourth-order valence-corrected chi connectivity index (χ4v) is 23.4. The van der Waals surface area contributed by atoms with Gasteiger partial charge in [0.25, 0.3) is 0 Å². The third-order valence-electron chi connectivity index (χ3n) is 33.1. The SMILES string of the molecule is CCCCCCC1=C(C)c2nc1cc1[nH]c(c(C)c1CCCCCC)c(-c1ccc(C#CC#Cc3ccc(-c4c5nc(cc6[nH]c(c(C)c6CCCCCC)c(-c6cc(C(C)(C)C)cc(C(C)(C)C)c6)c6nc(cc7[nH]c4c(C)c7CCCCCC)C(CCCCCC)=C6C)C(CCCCCC)=C5C)cc3)cc1)c1nc(cc3[nH]c(c(C)c3CCCCCC)c2-c2cc(C(C)(C)C)cc(C(C)(C)C)c2)C(CCCCCC)=C1C. The van der Waals surface area contributed by atoms with E-state index in [4.69, 9.17) is 19.9 Å². The van der Waals surface area contributed by atoms with E-state index in [1.165, 1.54) is 310 Å². The second kappa shape index (κ2) is 50.9. The number of unbranched alkanes of at least 4 members (excludes halogenated alkanes) is 24. The number of nitrogens with zero attached hydrogens (tertiary/aromatic N) is 4. The predicted molar refractivity (Wildman–Crippen MR) is 648 cm³/mol. The van der Waals surface area contributed by atoms with Gasteiger partial charge in [-0.25, -0.2) is 19.9 Å². The number of aryl methyl sites for hydroxylation is 8. The Bertz CT molecular complexity index is 6550. The maximum atomic E-state index is 6.14. The molecule has 0 saturated carbocycles. The summed E-state index contributed by atoms with van der Waals surface area (Å²) in [7, 11) is 0. The van der Waals surface area contributed by atoms with Crippen LogP contribution in [0.5, 0.6) is 0 Å². The molecule has 0 spiro atoms. The first-order valence-corrected chi connectivity index (χ1v) is 58.9. The topological polar surface area (TPSA) is 115 Å². The highest BCUT2D eigenvalue weighted by molar-refractivity contribution is 6.07. The second-order valence-corrected chi connectivity index (χ2v) is 48.7. The lowest BCUT2D eigenvalue weighted by Gasteiger charge is -2.26. The third kappa shape index (κ3) is 26.3. The Morgan fingerprint density at radius 2 is 0.419 bits per heavy atom. The lowest BCUT2D eigenvalue weighted by atomic mass is 9.78. The summed E-state index contributed by atoms with van der Waals surface area (Å²) >= 11 is 0.